The molecule has 0 bridgehead atoms. The summed E-state index contributed by atoms with van der Waals surface area (Å²) in [5, 5.41) is 5.00. The van der Waals surface area contributed by atoms with Gasteiger partial charge >= 0.3 is 0 Å². The summed E-state index contributed by atoms with van der Waals surface area (Å²) in [4.78, 5) is 0. The highest BCUT2D eigenvalue weighted by molar-refractivity contribution is 6.10. The number of hydrogen-bond acceptors (Lipinski definition) is 1. The van der Waals surface area contributed by atoms with Gasteiger partial charge in [-0.3, -0.25) is 0 Å². The maximum Gasteiger partial charge on any atom is 0.132 e. The summed E-state index contributed by atoms with van der Waals surface area (Å²) in [6.45, 7) is 0. The van der Waals surface area contributed by atoms with Crippen LogP contribution in [0.25, 0.3) is 49.4 Å². The lowest BCUT2D eigenvalue weighted by molar-refractivity contribution is 0.454. The Morgan fingerprint density at radius 2 is 1.16 bits per heavy atom. The summed E-state index contributed by atoms with van der Waals surface area (Å²) in [6, 6.07) is 56.7. The summed E-state index contributed by atoms with van der Waals surface area (Å²) in [6.07, 6.45) is 0. The summed E-state index contributed by atoms with van der Waals surface area (Å²) in [7, 11) is 0. The van der Waals surface area contributed by atoms with E-state index in [2.05, 4.69) is 162 Å². The van der Waals surface area contributed by atoms with Crippen molar-refractivity contribution in [2.75, 3.05) is 0 Å². The first kappa shape index (κ1) is 24.0. The zero-order valence-electron chi connectivity index (χ0n) is 23.4. The minimum absolute atomic E-state index is 0.0863. The van der Waals surface area contributed by atoms with Crippen LogP contribution in [0.15, 0.2) is 158 Å². The lowest BCUT2D eigenvalue weighted by Gasteiger charge is -2.30. The van der Waals surface area contributed by atoms with Crippen molar-refractivity contribution in [1.29, 1.82) is 0 Å². The molecular formula is C41H27NO. The average Bonchev–Trinajstić information content (AvgIpc) is 3.41. The molecule has 1 aliphatic rings. The second kappa shape index (κ2) is 9.47. The van der Waals surface area contributed by atoms with Crippen LogP contribution in [0.3, 0.4) is 0 Å². The smallest absolute Gasteiger partial charge is 0.132 e. The molecule has 1 aromatic heterocycles. The van der Waals surface area contributed by atoms with Crippen molar-refractivity contribution < 1.29 is 4.74 Å². The summed E-state index contributed by atoms with van der Waals surface area (Å²) >= 11 is 0. The first-order valence-electron chi connectivity index (χ1n) is 14.8. The van der Waals surface area contributed by atoms with Gasteiger partial charge in [0.1, 0.15) is 11.5 Å². The van der Waals surface area contributed by atoms with E-state index in [4.69, 9.17) is 4.74 Å². The lowest BCUT2D eigenvalue weighted by atomic mass is 9.80. The molecule has 1 aliphatic heterocycles. The third-order valence-corrected chi connectivity index (χ3v) is 8.93. The number of rotatable bonds is 3. The van der Waals surface area contributed by atoms with Crippen molar-refractivity contribution in [2.45, 2.75) is 5.92 Å². The standard InChI is InChI=1S/C41H27NO/c1-2-11-31(12-3-1)42-36-16-8-6-14-33(36)34-24-22-30(26-37(34)42)27-18-20-29(21-19-27)40-35-15-7-9-17-38(35)43-39-25-23-28-10-4-5-13-32(28)41(39)40/h1-26,40H. The largest absolute Gasteiger partial charge is 0.457 e. The molecule has 2 heterocycles. The Kier molecular flexibility index (Phi) is 5.30. The molecule has 7 aromatic carbocycles. The van der Waals surface area contributed by atoms with Gasteiger partial charge in [0, 0.05) is 33.5 Å². The first-order valence-corrected chi connectivity index (χ1v) is 14.8. The van der Waals surface area contributed by atoms with Gasteiger partial charge in [-0.2, -0.15) is 0 Å². The SMILES string of the molecule is c1ccc(-n2c3ccccc3c3ccc(-c4ccc(C5c6ccccc6Oc6ccc7ccccc7c65)cc4)cc32)cc1. The van der Waals surface area contributed by atoms with Gasteiger partial charge in [-0.25, -0.2) is 0 Å². The van der Waals surface area contributed by atoms with E-state index >= 15 is 0 Å². The van der Waals surface area contributed by atoms with E-state index in [1.807, 2.05) is 0 Å². The predicted octanol–water partition coefficient (Wildman–Crippen LogP) is 10.9. The molecule has 0 saturated carbocycles. The van der Waals surface area contributed by atoms with Gasteiger partial charge in [-0.15, -0.1) is 0 Å². The highest BCUT2D eigenvalue weighted by Gasteiger charge is 2.30. The Bertz CT molecular complexity index is 2310. The van der Waals surface area contributed by atoms with E-state index in [0.717, 1.165) is 11.5 Å². The van der Waals surface area contributed by atoms with Crippen molar-refractivity contribution in [3.63, 3.8) is 0 Å². The second-order valence-electron chi connectivity index (χ2n) is 11.3. The molecule has 2 heteroatoms. The second-order valence-corrected chi connectivity index (χ2v) is 11.3. The normalized spacial score (nSPS) is 14.0. The lowest BCUT2D eigenvalue weighted by Crippen LogP contribution is -2.12. The molecular weight excluding hydrogens is 522 g/mol. The maximum absolute atomic E-state index is 6.44. The Balaban J connectivity index is 1.19. The Labute approximate surface area is 250 Å². The fourth-order valence-corrected chi connectivity index (χ4v) is 6.97. The number of hydrogen-bond donors (Lipinski definition) is 0. The third-order valence-electron chi connectivity index (χ3n) is 8.93. The van der Waals surface area contributed by atoms with Crippen LogP contribution in [-0.2, 0) is 0 Å². The van der Waals surface area contributed by atoms with Gasteiger partial charge in [-0.1, -0.05) is 121 Å². The number of benzene rings is 7. The highest BCUT2D eigenvalue weighted by Crippen LogP contribution is 2.50. The molecule has 1 atom stereocenters. The van der Waals surface area contributed by atoms with E-state index in [0.29, 0.717) is 0 Å². The molecule has 9 rings (SSSR count). The Hall–Kier alpha value is -5.60. The van der Waals surface area contributed by atoms with Gasteiger partial charge in [0.25, 0.3) is 0 Å². The third kappa shape index (κ3) is 3.73. The summed E-state index contributed by atoms with van der Waals surface area (Å²) in [5.41, 5.74) is 9.72. The number of fused-ring (bicyclic) bond motifs is 7. The van der Waals surface area contributed by atoms with Crippen LogP contribution in [0.2, 0.25) is 0 Å². The topological polar surface area (TPSA) is 14.2 Å². The molecule has 0 fully saturated rings. The zero-order chi connectivity index (χ0) is 28.3. The van der Waals surface area contributed by atoms with Gasteiger partial charge < -0.3 is 9.30 Å². The van der Waals surface area contributed by atoms with Gasteiger partial charge in [-0.05, 0) is 63.9 Å². The van der Waals surface area contributed by atoms with Crippen LogP contribution in [-0.4, -0.2) is 4.57 Å². The minimum Gasteiger partial charge on any atom is -0.457 e. The molecule has 0 N–H and O–H groups in total. The number of nitrogens with zero attached hydrogens (tertiary/aromatic N) is 1. The predicted molar refractivity (Wildman–Crippen MR) is 178 cm³/mol. The number of ether oxygens (including phenoxy) is 1. The Morgan fingerprint density at radius 3 is 2.05 bits per heavy atom. The van der Waals surface area contributed by atoms with E-state index in [1.54, 1.807) is 0 Å². The zero-order valence-corrected chi connectivity index (χ0v) is 23.4. The molecule has 2 nitrogen and oxygen atoms in total. The van der Waals surface area contributed by atoms with E-state index in [9.17, 15) is 0 Å². The van der Waals surface area contributed by atoms with Gasteiger partial charge in [0.15, 0.2) is 0 Å². The fourth-order valence-electron chi connectivity index (χ4n) is 6.97. The van der Waals surface area contributed by atoms with Crippen LogP contribution >= 0.6 is 0 Å². The molecule has 0 radical (unpaired) electrons. The van der Waals surface area contributed by atoms with Crippen LogP contribution in [0, 0.1) is 0 Å². The number of para-hydroxylation sites is 3. The molecule has 0 spiro atoms. The maximum atomic E-state index is 6.44. The van der Waals surface area contributed by atoms with E-state index in [1.165, 1.54) is 66.1 Å². The van der Waals surface area contributed by atoms with E-state index in [-0.39, 0.29) is 5.92 Å². The molecule has 0 saturated heterocycles. The van der Waals surface area contributed by atoms with Crippen LogP contribution < -0.4 is 4.74 Å². The van der Waals surface area contributed by atoms with Crippen LogP contribution in [0.4, 0.5) is 0 Å². The average molecular weight is 550 g/mol. The van der Waals surface area contributed by atoms with E-state index < -0.39 is 0 Å². The highest BCUT2D eigenvalue weighted by atomic mass is 16.5. The van der Waals surface area contributed by atoms with Gasteiger partial charge in [0.2, 0.25) is 0 Å². The minimum atomic E-state index is 0.0863. The van der Waals surface area contributed by atoms with Gasteiger partial charge in [0.05, 0.1) is 11.0 Å². The quantitative estimate of drug-likeness (QED) is 0.214. The molecule has 0 aliphatic carbocycles. The molecule has 0 amide bonds. The summed E-state index contributed by atoms with van der Waals surface area (Å²) < 4.78 is 8.82. The number of aromatic nitrogens is 1. The van der Waals surface area contributed by atoms with Crippen LogP contribution in [0.5, 0.6) is 11.5 Å². The molecule has 43 heavy (non-hydrogen) atoms. The Morgan fingerprint density at radius 1 is 0.465 bits per heavy atom. The van der Waals surface area contributed by atoms with Crippen molar-refractivity contribution in [3.8, 4) is 28.3 Å². The first-order chi connectivity index (χ1) is 21.3. The molecule has 1 unspecified atom stereocenters. The van der Waals surface area contributed by atoms with Crippen molar-refractivity contribution in [3.05, 3.63) is 174 Å². The van der Waals surface area contributed by atoms with Crippen LogP contribution in [0.1, 0.15) is 22.6 Å². The monoisotopic (exact) mass is 549 g/mol. The van der Waals surface area contributed by atoms with Crippen molar-refractivity contribution in [2.24, 2.45) is 0 Å². The van der Waals surface area contributed by atoms with Crippen molar-refractivity contribution >= 4 is 32.6 Å². The molecule has 202 valence electrons. The molecule has 8 aromatic rings. The van der Waals surface area contributed by atoms with Crippen molar-refractivity contribution in [1.82, 2.24) is 4.57 Å². The fraction of sp³-hybridized carbons (Fsp3) is 0.0244. The summed E-state index contributed by atoms with van der Waals surface area (Å²) in [5.74, 6) is 1.95.